The number of carbonyl (C=O) groups is 1. The first-order valence-electron chi connectivity index (χ1n) is 7.92. The molecule has 0 atom stereocenters. The Morgan fingerprint density at radius 2 is 1.80 bits per heavy atom. The average molecular weight is 373 g/mol. The van der Waals surface area contributed by atoms with E-state index in [2.05, 4.69) is 17.2 Å². The fourth-order valence-corrected chi connectivity index (χ4v) is 3.36. The van der Waals surface area contributed by atoms with Crippen LogP contribution in [0.4, 0.5) is 0 Å². The van der Waals surface area contributed by atoms with Crippen LogP contribution in [-0.2, 0) is 0 Å². The number of rotatable bonds is 4. The SMILES string of the molecule is O=C(O)c1cc(-c2ccc(C3CC3)cc2)n(-c2ccc(Cl)cc2Cl)n1. The molecule has 1 saturated carbocycles. The summed E-state index contributed by atoms with van der Waals surface area (Å²) in [5.41, 5.74) is 3.42. The molecule has 1 aliphatic rings. The summed E-state index contributed by atoms with van der Waals surface area (Å²) >= 11 is 12.3. The lowest BCUT2D eigenvalue weighted by atomic mass is 10.1. The molecule has 6 heteroatoms. The minimum Gasteiger partial charge on any atom is -0.476 e. The third-order valence-electron chi connectivity index (χ3n) is 4.32. The molecule has 0 saturated heterocycles. The monoisotopic (exact) mass is 372 g/mol. The van der Waals surface area contributed by atoms with E-state index in [1.54, 1.807) is 28.9 Å². The summed E-state index contributed by atoms with van der Waals surface area (Å²) < 4.78 is 1.55. The van der Waals surface area contributed by atoms with Crippen molar-refractivity contribution < 1.29 is 9.90 Å². The summed E-state index contributed by atoms with van der Waals surface area (Å²) in [4.78, 5) is 11.4. The molecule has 0 unspecified atom stereocenters. The van der Waals surface area contributed by atoms with Gasteiger partial charge in [-0.2, -0.15) is 5.10 Å². The Bertz CT molecular complexity index is 960. The smallest absolute Gasteiger partial charge is 0.356 e. The fraction of sp³-hybridized carbons (Fsp3) is 0.158. The first kappa shape index (κ1) is 16.2. The Hall–Kier alpha value is -2.30. The Morgan fingerprint density at radius 3 is 2.40 bits per heavy atom. The molecule has 1 heterocycles. The van der Waals surface area contributed by atoms with Gasteiger partial charge in [0.25, 0.3) is 0 Å². The molecule has 0 aliphatic heterocycles. The second-order valence-electron chi connectivity index (χ2n) is 6.12. The van der Waals surface area contributed by atoms with Gasteiger partial charge in [0.15, 0.2) is 5.69 Å². The highest BCUT2D eigenvalue weighted by atomic mass is 35.5. The van der Waals surface area contributed by atoms with E-state index < -0.39 is 5.97 Å². The second kappa shape index (κ2) is 6.21. The highest BCUT2D eigenvalue weighted by Gasteiger charge is 2.23. The summed E-state index contributed by atoms with van der Waals surface area (Å²) in [5, 5.41) is 14.4. The van der Waals surface area contributed by atoms with Crippen LogP contribution < -0.4 is 0 Å². The molecule has 25 heavy (non-hydrogen) atoms. The van der Waals surface area contributed by atoms with Crippen molar-refractivity contribution >= 4 is 29.2 Å². The van der Waals surface area contributed by atoms with E-state index in [1.807, 2.05) is 12.1 Å². The van der Waals surface area contributed by atoms with Crippen LogP contribution in [0.25, 0.3) is 16.9 Å². The molecule has 1 aromatic heterocycles. The van der Waals surface area contributed by atoms with Crippen molar-refractivity contribution in [1.29, 1.82) is 0 Å². The maximum absolute atomic E-state index is 11.4. The molecule has 1 N–H and O–H groups in total. The van der Waals surface area contributed by atoms with Crippen molar-refractivity contribution in [3.63, 3.8) is 0 Å². The van der Waals surface area contributed by atoms with E-state index in [0.717, 1.165) is 5.56 Å². The maximum Gasteiger partial charge on any atom is 0.356 e. The zero-order chi connectivity index (χ0) is 17.6. The van der Waals surface area contributed by atoms with E-state index >= 15 is 0 Å². The van der Waals surface area contributed by atoms with Gasteiger partial charge in [-0.15, -0.1) is 0 Å². The molecule has 0 spiro atoms. The van der Waals surface area contributed by atoms with Crippen molar-refractivity contribution in [2.45, 2.75) is 18.8 Å². The number of nitrogens with zero attached hydrogens (tertiary/aromatic N) is 2. The third-order valence-corrected chi connectivity index (χ3v) is 4.86. The Balaban J connectivity index is 1.84. The molecule has 4 nitrogen and oxygen atoms in total. The lowest BCUT2D eigenvalue weighted by Crippen LogP contribution is -2.03. The van der Waals surface area contributed by atoms with Crippen LogP contribution in [0.5, 0.6) is 0 Å². The van der Waals surface area contributed by atoms with Crippen molar-refractivity contribution in [1.82, 2.24) is 9.78 Å². The van der Waals surface area contributed by atoms with E-state index in [9.17, 15) is 9.90 Å². The zero-order valence-corrected chi connectivity index (χ0v) is 14.6. The molecular formula is C19H14Cl2N2O2. The number of hydrogen-bond donors (Lipinski definition) is 1. The van der Waals surface area contributed by atoms with E-state index in [0.29, 0.717) is 27.3 Å². The molecule has 0 bridgehead atoms. The summed E-state index contributed by atoms with van der Waals surface area (Å²) in [5.74, 6) is -0.418. The van der Waals surface area contributed by atoms with Crippen LogP contribution in [-0.4, -0.2) is 20.9 Å². The molecule has 0 amide bonds. The number of aromatic nitrogens is 2. The van der Waals surface area contributed by atoms with Crippen LogP contribution in [0.3, 0.4) is 0 Å². The van der Waals surface area contributed by atoms with E-state index in [4.69, 9.17) is 23.2 Å². The van der Waals surface area contributed by atoms with Gasteiger partial charge in [0.05, 0.1) is 16.4 Å². The highest BCUT2D eigenvalue weighted by Crippen LogP contribution is 2.40. The fourth-order valence-electron chi connectivity index (χ4n) is 2.87. The summed E-state index contributed by atoms with van der Waals surface area (Å²) in [6.07, 6.45) is 2.47. The van der Waals surface area contributed by atoms with Crippen molar-refractivity contribution in [2.24, 2.45) is 0 Å². The van der Waals surface area contributed by atoms with Crippen molar-refractivity contribution in [3.8, 4) is 16.9 Å². The minimum atomic E-state index is -1.08. The number of carboxylic acids is 1. The standard InChI is InChI=1S/C19H14Cl2N2O2/c20-14-7-8-17(15(21)9-14)23-18(10-16(22-23)19(24)25)13-5-3-12(4-6-13)11-1-2-11/h3-11H,1-2H2,(H,24,25). The number of halogens is 2. The Kier molecular flexibility index (Phi) is 4.02. The van der Waals surface area contributed by atoms with Gasteiger partial charge in [-0.05, 0) is 48.6 Å². The molecule has 1 fully saturated rings. The van der Waals surface area contributed by atoms with Gasteiger partial charge in [0.1, 0.15) is 0 Å². The number of benzene rings is 2. The topological polar surface area (TPSA) is 55.1 Å². The average Bonchev–Trinajstić information content (AvgIpc) is 3.34. The van der Waals surface area contributed by atoms with Crippen LogP contribution in [0.2, 0.25) is 10.0 Å². The van der Waals surface area contributed by atoms with E-state index in [1.165, 1.54) is 18.4 Å². The lowest BCUT2D eigenvalue weighted by Gasteiger charge is -2.10. The van der Waals surface area contributed by atoms with Gasteiger partial charge < -0.3 is 5.11 Å². The molecule has 1 aliphatic carbocycles. The first-order valence-corrected chi connectivity index (χ1v) is 8.67. The molecular weight excluding hydrogens is 359 g/mol. The van der Waals surface area contributed by atoms with Gasteiger partial charge in [-0.1, -0.05) is 47.5 Å². The van der Waals surface area contributed by atoms with Crippen LogP contribution >= 0.6 is 23.2 Å². The summed E-state index contributed by atoms with van der Waals surface area (Å²) in [6, 6.07) is 14.8. The second-order valence-corrected chi connectivity index (χ2v) is 6.97. The van der Waals surface area contributed by atoms with Gasteiger partial charge in [0, 0.05) is 10.6 Å². The molecule has 3 aromatic rings. The largest absolute Gasteiger partial charge is 0.476 e. The maximum atomic E-state index is 11.4. The quantitative estimate of drug-likeness (QED) is 0.664. The third kappa shape index (κ3) is 3.15. The molecule has 126 valence electrons. The molecule has 4 rings (SSSR count). The number of aromatic carboxylic acids is 1. The van der Waals surface area contributed by atoms with Gasteiger partial charge in [-0.25, -0.2) is 9.48 Å². The highest BCUT2D eigenvalue weighted by molar-refractivity contribution is 6.35. The first-order chi connectivity index (χ1) is 12.0. The van der Waals surface area contributed by atoms with Crippen LogP contribution in [0, 0.1) is 0 Å². The predicted octanol–water partition coefficient (Wildman–Crippen LogP) is 5.42. The van der Waals surface area contributed by atoms with E-state index in [-0.39, 0.29) is 5.69 Å². The molecule has 0 radical (unpaired) electrons. The van der Waals surface area contributed by atoms with Crippen molar-refractivity contribution in [2.75, 3.05) is 0 Å². The van der Waals surface area contributed by atoms with Gasteiger partial charge in [0.2, 0.25) is 0 Å². The van der Waals surface area contributed by atoms with Crippen LogP contribution in [0.15, 0.2) is 48.5 Å². The normalized spacial score (nSPS) is 13.8. The van der Waals surface area contributed by atoms with Gasteiger partial charge >= 0.3 is 5.97 Å². The Labute approximate surface area is 154 Å². The van der Waals surface area contributed by atoms with Crippen LogP contribution in [0.1, 0.15) is 34.8 Å². The number of carboxylic acid groups (broad SMARTS) is 1. The Morgan fingerprint density at radius 1 is 1.08 bits per heavy atom. The molecule has 2 aromatic carbocycles. The van der Waals surface area contributed by atoms with Gasteiger partial charge in [-0.3, -0.25) is 0 Å². The lowest BCUT2D eigenvalue weighted by molar-refractivity contribution is 0.0690. The number of hydrogen-bond acceptors (Lipinski definition) is 2. The zero-order valence-electron chi connectivity index (χ0n) is 13.1. The summed E-state index contributed by atoms with van der Waals surface area (Å²) in [7, 11) is 0. The summed E-state index contributed by atoms with van der Waals surface area (Å²) in [6.45, 7) is 0. The van der Waals surface area contributed by atoms with Crippen molar-refractivity contribution in [3.05, 3.63) is 69.8 Å². The predicted molar refractivity (Wildman–Crippen MR) is 98.0 cm³/mol. The minimum absolute atomic E-state index is 0.0349.